The Labute approximate surface area is 201 Å². The molecular formula is C24H39N4O6. The van der Waals surface area contributed by atoms with Crippen molar-refractivity contribution in [2.24, 2.45) is 5.92 Å². The number of aromatic amines is 1. The average Bonchev–Trinajstić information content (AvgIpc) is 3.30. The highest BCUT2D eigenvalue weighted by molar-refractivity contribution is 5.86. The Balaban J connectivity index is 2.42. The highest BCUT2D eigenvalue weighted by atomic mass is 16.5. The van der Waals surface area contributed by atoms with Crippen molar-refractivity contribution in [3.8, 4) is 0 Å². The number of rotatable bonds is 21. The van der Waals surface area contributed by atoms with Gasteiger partial charge in [-0.1, -0.05) is 6.42 Å². The highest BCUT2D eigenvalue weighted by Gasteiger charge is 2.22. The van der Waals surface area contributed by atoms with Crippen LogP contribution in [0.5, 0.6) is 0 Å². The minimum atomic E-state index is -0.893. The van der Waals surface area contributed by atoms with Crippen molar-refractivity contribution < 1.29 is 28.7 Å². The number of aromatic nitrogens is 2. The van der Waals surface area contributed by atoms with E-state index in [1.165, 1.54) is 13.3 Å². The summed E-state index contributed by atoms with van der Waals surface area (Å²) in [5, 5.41) is 2.78. The fraction of sp³-hybridized carbons (Fsp3) is 0.708. The minimum Gasteiger partial charge on any atom is -0.382 e. The molecule has 1 heterocycles. The lowest BCUT2D eigenvalue weighted by Gasteiger charge is -2.17. The summed E-state index contributed by atoms with van der Waals surface area (Å²) in [5.41, 5.74) is 8.82. The number of imidazole rings is 1. The summed E-state index contributed by atoms with van der Waals surface area (Å²) in [7, 11) is 1.56. The van der Waals surface area contributed by atoms with E-state index in [4.69, 9.17) is 15.2 Å². The summed E-state index contributed by atoms with van der Waals surface area (Å²) >= 11 is 0. The van der Waals surface area contributed by atoms with E-state index < -0.39 is 6.04 Å². The molecule has 0 fully saturated rings. The molecule has 1 aromatic rings. The van der Waals surface area contributed by atoms with Crippen LogP contribution in [0.4, 0.5) is 0 Å². The van der Waals surface area contributed by atoms with Crippen LogP contribution < -0.4 is 11.1 Å². The molecule has 191 valence electrons. The van der Waals surface area contributed by atoms with Crippen LogP contribution in [0.25, 0.3) is 0 Å². The number of H-pyrrole nitrogens is 1. The maximum absolute atomic E-state index is 12.7. The zero-order valence-corrected chi connectivity index (χ0v) is 20.4. The first kappa shape index (κ1) is 29.6. The topological polar surface area (TPSA) is 151 Å². The standard InChI is InChI=1S/C24H39N4O6/c1-18(29)6-5-8-22(30)19(7-3-4-11-27-24(32)16-34-13-12-33-2)9-10-23(31)21(25)14-20-15-26-17-28-20/h15,17,19,21,25H,3-14,16H2,1-2H3,(H,26,28)(H,27,32)/t19-,21+/m1/s1. The third-order valence-electron chi connectivity index (χ3n) is 5.48. The molecular weight excluding hydrogens is 440 g/mol. The van der Waals surface area contributed by atoms with Gasteiger partial charge in [0, 0.05) is 57.1 Å². The van der Waals surface area contributed by atoms with Gasteiger partial charge in [0.25, 0.3) is 0 Å². The van der Waals surface area contributed by atoms with E-state index in [-0.39, 0.29) is 48.6 Å². The SMILES string of the molecule is COCCOCC(=O)NCCCC[C@H](CCC(=O)[C@@H]([NH])Cc1cnc[nH]1)C(=O)CCCC(C)=O. The first-order chi connectivity index (χ1) is 16.3. The van der Waals surface area contributed by atoms with E-state index in [9.17, 15) is 19.2 Å². The molecule has 10 heteroatoms. The Morgan fingerprint density at radius 3 is 2.53 bits per heavy atom. The zero-order valence-electron chi connectivity index (χ0n) is 20.4. The molecule has 3 N–H and O–H groups in total. The molecule has 1 amide bonds. The van der Waals surface area contributed by atoms with Gasteiger partial charge >= 0.3 is 0 Å². The van der Waals surface area contributed by atoms with Crippen LogP contribution >= 0.6 is 0 Å². The van der Waals surface area contributed by atoms with Crippen LogP contribution in [-0.4, -0.2) is 72.7 Å². The molecule has 2 atom stereocenters. The van der Waals surface area contributed by atoms with Gasteiger partial charge in [-0.25, -0.2) is 10.7 Å². The predicted molar refractivity (Wildman–Crippen MR) is 126 cm³/mol. The van der Waals surface area contributed by atoms with E-state index in [0.717, 1.165) is 12.1 Å². The third-order valence-corrected chi connectivity index (χ3v) is 5.48. The van der Waals surface area contributed by atoms with Crippen molar-refractivity contribution in [3.63, 3.8) is 0 Å². The van der Waals surface area contributed by atoms with E-state index in [2.05, 4.69) is 15.3 Å². The molecule has 34 heavy (non-hydrogen) atoms. The smallest absolute Gasteiger partial charge is 0.245 e. The summed E-state index contributed by atoms with van der Waals surface area (Å²) in [6.45, 7) is 2.76. The normalized spacial score (nSPS) is 12.8. The second kappa shape index (κ2) is 18.0. The van der Waals surface area contributed by atoms with Crippen molar-refractivity contribution in [2.45, 2.75) is 70.8 Å². The van der Waals surface area contributed by atoms with Crippen LogP contribution in [0.2, 0.25) is 0 Å². The summed E-state index contributed by atoms with van der Waals surface area (Å²) in [6.07, 6.45) is 7.17. The number of nitrogens with zero attached hydrogens (tertiary/aromatic N) is 1. The number of unbranched alkanes of at least 4 members (excludes halogenated alkanes) is 1. The number of Topliss-reactive ketones (excluding diaryl/α,β-unsaturated/α-hetero) is 3. The lowest BCUT2D eigenvalue weighted by molar-refractivity contribution is -0.126. The minimum absolute atomic E-state index is 0.0183. The molecule has 0 aromatic carbocycles. The lowest BCUT2D eigenvalue weighted by Crippen LogP contribution is -2.29. The summed E-state index contributed by atoms with van der Waals surface area (Å²) < 4.78 is 10.0. The Bertz CT molecular complexity index is 738. The molecule has 1 radical (unpaired) electrons. The van der Waals surface area contributed by atoms with E-state index in [1.807, 2.05) is 0 Å². The number of ether oxygens (including phenoxy) is 2. The van der Waals surface area contributed by atoms with Crippen LogP contribution in [0, 0.1) is 5.92 Å². The van der Waals surface area contributed by atoms with Crippen molar-refractivity contribution in [1.82, 2.24) is 21.0 Å². The number of methoxy groups -OCH3 is 1. The molecule has 0 saturated carbocycles. The predicted octanol–water partition coefficient (Wildman–Crippen LogP) is 1.85. The Morgan fingerprint density at radius 2 is 1.85 bits per heavy atom. The first-order valence-electron chi connectivity index (χ1n) is 11.9. The Morgan fingerprint density at radius 1 is 1.06 bits per heavy atom. The fourth-order valence-electron chi connectivity index (χ4n) is 3.50. The van der Waals surface area contributed by atoms with Crippen molar-refractivity contribution >= 4 is 23.3 Å². The van der Waals surface area contributed by atoms with Gasteiger partial charge in [0.2, 0.25) is 5.91 Å². The first-order valence-corrected chi connectivity index (χ1v) is 11.9. The largest absolute Gasteiger partial charge is 0.382 e. The summed E-state index contributed by atoms with van der Waals surface area (Å²) in [4.78, 5) is 54.9. The van der Waals surface area contributed by atoms with E-state index in [0.29, 0.717) is 58.3 Å². The summed E-state index contributed by atoms with van der Waals surface area (Å²) in [5.74, 6) is -0.574. The fourth-order valence-corrected chi connectivity index (χ4v) is 3.50. The van der Waals surface area contributed by atoms with Gasteiger partial charge in [0.1, 0.15) is 18.2 Å². The molecule has 10 nitrogen and oxygen atoms in total. The number of carbonyl (C=O) groups is 4. The molecule has 0 spiro atoms. The number of carbonyl (C=O) groups excluding carboxylic acids is 4. The van der Waals surface area contributed by atoms with Crippen molar-refractivity contribution in [3.05, 3.63) is 18.2 Å². The van der Waals surface area contributed by atoms with Gasteiger partial charge < -0.3 is 24.6 Å². The van der Waals surface area contributed by atoms with Crippen LogP contribution in [0.15, 0.2) is 12.5 Å². The zero-order chi connectivity index (χ0) is 25.2. The Hall–Kier alpha value is -2.43. The maximum Gasteiger partial charge on any atom is 0.245 e. The molecule has 1 aromatic heterocycles. The van der Waals surface area contributed by atoms with Gasteiger partial charge in [0.05, 0.1) is 25.6 Å². The monoisotopic (exact) mass is 479 g/mol. The molecule has 0 aliphatic carbocycles. The molecule has 0 bridgehead atoms. The third kappa shape index (κ3) is 14.0. The second-order valence-corrected chi connectivity index (χ2v) is 8.45. The van der Waals surface area contributed by atoms with Gasteiger partial charge in [-0.3, -0.25) is 14.4 Å². The van der Waals surface area contributed by atoms with Crippen molar-refractivity contribution in [1.29, 1.82) is 0 Å². The number of hydrogen-bond acceptors (Lipinski definition) is 7. The van der Waals surface area contributed by atoms with E-state index >= 15 is 0 Å². The molecule has 0 aliphatic rings. The maximum atomic E-state index is 12.7. The quantitative estimate of drug-likeness (QED) is 0.255. The number of amides is 1. The highest BCUT2D eigenvalue weighted by Crippen LogP contribution is 2.20. The van der Waals surface area contributed by atoms with Gasteiger partial charge in [-0.15, -0.1) is 0 Å². The van der Waals surface area contributed by atoms with Crippen molar-refractivity contribution in [2.75, 3.05) is 33.5 Å². The second-order valence-electron chi connectivity index (χ2n) is 8.45. The van der Waals surface area contributed by atoms with Gasteiger partial charge in [-0.05, 0) is 32.6 Å². The molecule has 0 aliphatic heterocycles. The van der Waals surface area contributed by atoms with Crippen LogP contribution in [0.1, 0.15) is 64.0 Å². The molecule has 0 unspecified atom stereocenters. The van der Waals surface area contributed by atoms with Crippen LogP contribution in [-0.2, 0) is 35.1 Å². The average molecular weight is 480 g/mol. The van der Waals surface area contributed by atoms with E-state index in [1.54, 1.807) is 13.3 Å². The van der Waals surface area contributed by atoms with Gasteiger partial charge in [-0.2, -0.15) is 0 Å². The van der Waals surface area contributed by atoms with Gasteiger partial charge in [0.15, 0.2) is 5.78 Å². The summed E-state index contributed by atoms with van der Waals surface area (Å²) in [6, 6.07) is -0.893. The number of nitrogens with one attached hydrogen (secondary N) is 3. The number of hydrogen-bond donors (Lipinski definition) is 2. The molecule has 1 rings (SSSR count). The molecule has 0 saturated heterocycles. The Kier molecular flexibility index (Phi) is 15.6. The lowest BCUT2D eigenvalue weighted by atomic mass is 9.88. The van der Waals surface area contributed by atoms with Crippen LogP contribution in [0.3, 0.4) is 0 Å². The number of ketones is 3.